The van der Waals surface area contributed by atoms with Gasteiger partial charge in [0, 0.05) is 17.7 Å². The number of nitrogens with zero attached hydrogens (tertiary/aromatic N) is 1. The molecule has 0 radical (unpaired) electrons. The molecule has 0 saturated heterocycles. The maximum atomic E-state index is 13.5. The van der Waals surface area contributed by atoms with Crippen molar-refractivity contribution in [3.05, 3.63) is 41.3 Å². The summed E-state index contributed by atoms with van der Waals surface area (Å²) < 4.78 is 18.8. The van der Waals surface area contributed by atoms with E-state index in [4.69, 9.17) is 4.52 Å². The molecule has 0 atom stereocenters. The van der Waals surface area contributed by atoms with Gasteiger partial charge in [-0.3, -0.25) is 0 Å². The van der Waals surface area contributed by atoms with Gasteiger partial charge in [-0.2, -0.15) is 0 Å². The molecule has 0 aliphatic carbocycles. The van der Waals surface area contributed by atoms with Gasteiger partial charge in [0.05, 0.1) is 6.20 Å². The summed E-state index contributed by atoms with van der Waals surface area (Å²) in [5, 5.41) is 7.07. The average molecular weight is 248 g/mol. The van der Waals surface area contributed by atoms with Gasteiger partial charge in [-0.1, -0.05) is 24.2 Å². The molecule has 0 saturated carbocycles. The largest absolute Gasteiger partial charge is 0.356 e. The quantitative estimate of drug-likeness (QED) is 0.825. The second-order valence-corrected chi connectivity index (χ2v) is 4.32. The van der Waals surface area contributed by atoms with Crippen molar-refractivity contribution in [1.29, 1.82) is 0 Å². The number of rotatable bonds is 5. The molecule has 18 heavy (non-hydrogen) atoms. The van der Waals surface area contributed by atoms with E-state index in [1.165, 1.54) is 6.07 Å². The molecule has 0 unspecified atom stereocenters. The lowest BCUT2D eigenvalue weighted by molar-refractivity contribution is 0.431. The third-order valence-corrected chi connectivity index (χ3v) is 2.82. The highest BCUT2D eigenvalue weighted by Gasteiger charge is 2.11. The Hall–Kier alpha value is -1.68. The molecule has 1 aromatic carbocycles. The minimum absolute atomic E-state index is 0.226. The fraction of sp³-hybridized carbons (Fsp3) is 0.357. The molecule has 1 N–H and O–H groups in total. The van der Waals surface area contributed by atoms with E-state index in [9.17, 15) is 4.39 Å². The smallest absolute Gasteiger partial charge is 0.171 e. The minimum Gasteiger partial charge on any atom is -0.356 e. The highest BCUT2D eigenvalue weighted by Crippen LogP contribution is 2.25. The molecule has 3 nitrogen and oxygen atoms in total. The van der Waals surface area contributed by atoms with E-state index in [-0.39, 0.29) is 5.82 Å². The van der Waals surface area contributed by atoms with Crippen molar-refractivity contribution in [1.82, 2.24) is 10.5 Å². The van der Waals surface area contributed by atoms with Crippen molar-refractivity contribution in [2.24, 2.45) is 0 Å². The lowest BCUT2D eigenvalue weighted by Crippen LogP contribution is -2.13. The van der Waals surface area contributed by atoms with E-state index in [0.29, 0.717) is 17.9 Å². The summed E-state index contributed by atoms with van der Waals surface area (Å²) in [6.07, 6.45) is 2.75. The van der Waals surface area contributed by atoms with Crippen molar-refractivity contribution in [3.63, 3.8) is 0 Å². The van der Waals surface area contributed by atoms with Crippen LogP contribution < -0.4 is 5.32 Å². The van der Waals surface area contributed by atoms with Crippen molar-refractivity contribution in [2.45, 2.75) is 26.8 Å². The number of hydrogen-bond acceptors (Lipinski definition) is 3. The summed E-state index contributed by atoms with van der Waals surface area (Å²) in [5.41, 5.74) is 2.31. The SMILES string of the molecule is CCCNCc1cnoc1-c1ccc(C)c(F)c1. The summed E-state index contributed by atoms with van der Waals surface area (Å²) in [4.78, 5) is 0. The van der Waals surface area contributed by atoms with Gasteiger partial charge in [-0.15, -0.1) is 0 Å². The highest BCUT2D eigenvalue weighted by molar-refractivity contribution is 5.61. The van der Waals surface area contributed by atoms with E-state index in [2.05, 4.69) is 17.4 Å². The molecule has 1 heterocycles. The predicted octanol–water partition coefficient (Wildman–Crippen LogP) is 3.29. The minimum atomic E-state index is -0.226. The first-order valence-electron chi connectivity index (χ1n) is 6.13. The van der Waals surface area contributed by atoms with Gasteiger partial charge < -0.3 is 9.84 Å². The van der Waals surface area contributed by atoms with E-state index >= 15 is 0 Å². The van der Waals surface area contributed by atoms with Crippen LogP contribution in [0.2, 0.25) is 0 Å². The van der Waals surface area contributed by atoms with Gasteiger partial charge >= 0.3 is 0 Å². The van der Waals surface area contributed by atoms with Crippen LogP contribution in [-0.2, 0) is 6.54 Å². The standard InChI is InChI=1S/C14H17FN2O/c1-3-6-16-8-12-9-17-18-14(12)11-5-4-10(2)13(15)7-11/h4-5,7,9,16H,3,6,8H2,1-2H3. The van der Waals surface area contributed by atoms with Crippen LogP contribution in [0.1, 0.15) is 24.5 Å². The van der Waals surface area contributed by atoms with Gasteiger partial charge in [0.2, 0.25) is 0 Å². The molecule has 0 amide bonds. The van der Waals surface area contributed by atoms with Crippen LogP contribution in [0.5, 0.6) is 0 Å². The van der Waals surface area contributed by atoms with Gasteiger partial charge in [0.1, 0.15) is 5.82 Å². The second kappa shape index (κ2) is 5.78. The van der Waals surface area contributed by atoms with Gasteiger partial charge in [-0.25, -0.2) is 4.39 Å². The Bertz CT molecular complexity index is 522. The average Bonchev–Trinajstić information content (AvgIpc) is 2.81. The number of aryl methyl sites for hydroxylation is 1. The predicted molar refractivity (Wildman–Crippen MR) is 68.6 cm³/mol. The fourth-order valence-corrected chi connectivity index (χ4v) is 1.76. The maximum absolute atomic E-state index is 13.5. The normalized spacial score (nSPS) is 10.8. The molecule has 0 spiro atoms. The summed E-state index contributed by atoms with van der Waals surface area (Å²) in [7, 11) is 0. The van der Waals surface area contributed by atoms with Gasteiger partial charge in [0.15, 0.2) is 5.76 Å². The molecular formula is C14H17FN2O. The summed E-state index contributed by atoms with van der Waals surface area (Å²) in [6, 6.07) is 5.08. The number of nitrogens with one attached hydrogen (secondary N) is 1. The third-order valence-electron chi connectivity index (χ3n) is 2.82. The van der Waals surface area contributed by atoms with E-state index in [1.807, 2.05) is 6.07 Å². The Kier molecular flexibility index (Phi) is 4.10. The molecular weight excluding hydrogens is 231 g/mol. The van der Waals surface area contributed by atoms with Crippen LogP contribution in [0.15, 0.2) is 28.9 Å². The Morgan fingerprint density at radius 2 is 2.22 bits per heavy atom. The Morgan fingerprint density at radius 1 is 1.39 bits per heavy atom. The Morgan fingerprint density at radius 3 is 2.94 bits per heavy atom. The van der Waals surface area contributed by atoms with Crippen molar-refractivity contribution in [3.8, 4) is 11.3 Å². The molecule has 1 aromatic heterocycles. The molecule has 0 aliphatic rings. The Balaban J connectivity index is 2.22. The van der Waals surface area contributed by atoms with Gasteiger partial charge in [-0.05, 0) is 31.5 Å². The summed E-state index contributed by atoms with van der Waals surface area (Å²) in [6.45, 7) is 5.47. The van der Waals surface area contributed by atoms with Crippen LogP contribution in [0, 0.1) is 12.7 Å². The van der Waals surface area contributed by atoms with Crippen molar-refractivity contribution in [2.75, 3.05) is 6.54 Å². The number of benzene rings is 1. The van der Waals surface area contributed by atoms with E-state index in [0.717, 1.165) is 24.1 Å². The molecule has 2 aromatic rings. The second-order valence-electron chi connectivity index (χ2n) is 4.32. The van der Waals surface area contributed by atoms with Crippen LogP contribution in [-0.4, -0.2) is 11.7 Å². The maximum Gasteiger partial charge on any atom is 0.171 e. The van der Waals surface area contributed by atoms with Crippen LogP contribution >= 0.6 is 0 Å². The first kappa shape index (κ1) is 12.8. The van der Waals surface area contributed by atoms with Crippen LogP contribution in [0.25, 0.3) is 11.3 Å². The number of hydrogen-bond donors (Lipinski definition) is 1. The third kappa shape index (κ3) is 2.76. The first-order chi connectivity index (χ1) is 8.72. The molecule has 2 rings (SSSR count). The lowest BCUT2D eigenvalue weighted by atomic mass is 10.1. The first-order valence-corrected chi connectivity index (χ1v) is 6.13. The molecule has 0 aliphatic heterocycles. The van der Waals surface area contributed by atoms with Crippen molar-refractivity contribution < 1.29 is 8.91 Å². The van der Waals surface area contributed by atoms with Crippen LogP contribution in [0.3, 0.4) is 0 Å². The van der Waals surface area contributed by atoms with E-state index < -0.39 is 0 Å². The molecule has 0 bridgehead atoms. The molecule has 0 fully saturated rings. The Labute approximate surface area is 106 Å². The molecule has 96 valence electrons. The summed E-state index contributed by atoms with van der Waals surface area (Å²) >= 11 is 0. The number of halogens is 1. The van der Waals surface area contributed by atoms with Crippen molar-refractivity contribution >= 4 is 0 Å². The zero-order valence-corrected chi connectivity index (χ0v) is 10.7. The fourth-order valence-electron chi connectivity index (χ4n) is 1.76. The zero-order chi connectivity index (χ0) is 13.0. The summed E-state index contributed by atoms with van der Waals surface area (Å²) in [5.74, 6) is 0.411. The van der Waals surface area contributed by atoms with Crippen LogP contribution in [0.4, 0.5) is 4.39 Å². The lowest BCUT2D eigenvalue weighted by Gasteiger charge is -2.04. The van der Waals surface area contributed by atoms with E-state index in [1.54, 1.807) is 19.2 Å². The highest BCUT2D eigenvalue weighted by atomic mass is 19.1. The number of aromatic nitrogens is 1. The van der Waals surface area contributed by atoms with Gasteiger partial charge in [0.25, 0.3) is 0 Å². The molecule has 4 heteroatoms. The topological polar surface area (TPSA) is 38.1 Å². The monoisotopic (exact) mass is 248 g/mol. The zero-order valence-electron chi connectivity index (χ0n) is 10.7.